The van der Waals surface area contributed by atoms with Crippen LogP contribution in [0.25, 0.3) is 0 Å². The normalized spacial score (nSPS) is 14.8. The summed E-state index contributed by atoms with van der Waals surface area (Å²) >= 11 is 0. The van der Waals surface area contributed by atoms with E-state index in [1.54, 1.807) is 20.8 Å². The van der Waals surface area contributed by atoms with Gasteiger partial charge in [-0.05, 0) is 73.6 Å². The fraction of sp³-hybridized carbons (Fsp3) is 0.826. The summed E-state index contributed by atoms with van der Waals surface area (Å²) in [4.78, 5) is 48.5. The van der Waals surface area contributed by atoms with Crippen LogP contribution in [0.15, 0.2) is 0 Å². The van der Waals surface area contributed by atoms with E-state index in [1.165, 1.54) is 6.92 Å². The lowest BCUT2D eigenvalue weighted by atomic mass is 9.98. The van der Waals surface area contributed by atoms with E-state index in [0.29, 0.717) is 19.4 Å². The number of unbranched alkanes of at least 4 members (excludes halogenated alkanes) is 1. The molecule has 0 aromatic heterocycles. The van der Waals surface area contributed by atoms with Gasteiger partial charge >= 0.3 is 18.0 Å². The minimum atomic E-state index is -1.00. The van der Waals surface area contributed by atoms with Crippen LogP contribution in [0, 0.1) is 5.92 Å². The van der Waals surface area contributed by atoms with Gasteiger partial charge in [0, 0.05) is 12.1 Å². The highest BCUT2D eigenvalue weighted by Gasteiger charge is 2.30. The number of carbonyl (C=O) groups excluding carboxylic acids is 4. The molecule has 0 aliphatic rings. The van der Waals surface area contributed by atoms with Crippen LogP contribution < -0.4 is 21.7 Å². The topological polar surface area (TPSA) is 149 Å². The number of nitrogens with one attached hydrogen (secondary N) is 3. The molecule has 0 radical (unpaired) electrons. The lowest BCUT2D eigenvalue weighted by Gasteiger charge is -2.30. The molecule has 0 aromatic rings. The average molecular weight is 473 g/mol. The Morgan fingerprint density at radius 2 is 1.48 bits per heavy atom. The van der Waals surface area contributed by atoms with Crippen LogP contribution in [0.2, 0.25) is 0 Å². The van der Waals surface area contributed by atoms with Gasteiger partial charge in [-0.1, -0.05) is 13.8 Å². The van der Waals surface area contributed by atoms with Crippen LogP contribution in [0.1, 0.15) is 81.6 Å². The van der Waals surface area contributed by atoms with Crippen LogP contribution in [0.5, 0.6) is 0 Å². The first-order valence-corrected chi connectivity index (χ1v) is 11.5. The third kappa shape index (κ3) is 14.5. The van der Waals surface area contributed by atoms with Crippen LogP contribution in [-0.2, 0) is 23.9 Å². The lowest BCUT2D eigenvalue weighted by Crippen LogP contribution is -2.56. The second-order valence-corrected chi connectivity index (χ2v) is 10.6. The van der Waals surface area contributed by atoms with Gasteiger partial charge in [-0.3, -0.25) is 4.79 Å². The molecule has 0 spiro atoms. The molecular formula is C23H44N4O6. The molecule has 10 heteroatoms. The maximum absolute atomic E-state index is 12.6. The van der Waals surface area contributed by atoms with E-state index in [4.69, 9.17) is 15.2 Å². The van der Waals surface area contributed by atoms with Gasteiger partial charge in [0.2, 0.25) is 5.91 Å². The maximum Gasteiger partial charge on any atom is 0.407 e. The van der Waals surface area contributed by atoms with E-state index < -0.39 is 41.8 Å². The number of hydrogen-bond donors (Lipinski definition) is 4. The second kappa shape index (κ2) is 13.5. The summed E-state index contributed by atoms with van der Waals surface area (Å²) < 4.78 is 9.97. The first-order chi connectivity index (χ1) is 14.9. The molecule has 3 atom stereocenters. The average Bonchev–Trinajstić information content (AvgIpc) is 2.62. The van der Waals surface area contributed by atoms with E-state index in [9.17, 15) is 19.2 Å². The zero-order valence-corrected chi connectivity index (χ0v) is 21.7. The predicted octanol–water partition coefficient (Wildman–Crippen LogP) is 2.00. The van der Waals surface area contributed by atoms with E-state index in [-0.39, 0.29) is 23.8 Å². The van der Waals surface area contributed by atoms with E-state index >= 15 is 0 Å². The largest absolute Gasteiger partial charge is 0.444 e. The molecule has 5 N–H and O–H groups in total. The zero-order chi connectivity index (χ0) is 26.0. The van der Waals surface area contributed by atoms with Crippen molar-refractivity contribution in [3.8, 4) is 0 Å². The Balaban J connectivity index is 4.43. The quantitative estimate of drug-likeness (QED) is 0.203. The van der Waals surface area contributed by atoms with Crippen molar-refractivity contribution in [1.82, 2.24) is 16.0 Å². The van der Waals surface area contributed by atoms with Gasteiger partial charge in [0.15, 0.2) is 0 Å². The minimum Gasteiger partial charge on any atom is -0.444 e. The third-order valence-corrected chi connectivity index (χ3v) is 4.36. The molecule has 0 heterocycles. The molecule has 0 saturated carbocycles. The van der Waals surface area contributed by atoms with Crippen molar-refractivity contribution >= 4 is 23.9 Å². The maximum atomic E-state index is 12.6. The molecule has 0 aromatic carbocycles. The Labute approximate surface area is 198 Å². The molecular weight excluding hydrogens is 428 g/mol. The second-order valence-electron chi connectivity index (χ2n) is 10.6. The molecule has 0 aliphatic heterocycles. The standard InChI is InChI=1S/C23H44N4O6/c1-14(2)17(27-22(4,5)6)18(28)26-15(3)19(29)32-20(30)16(24)12-10-11-13-25-21(31)33-23(7,8)9/h14-17,27H,10-13,24H2,1-9H3,(H,25,31)(H,26,28)/t15-,16-,17-/m0/s1. The number of esters is 2. The highest BCUT2D eigenvalue weighted by Crippen LogP contribution is 2.10. The van der Waals surface area contributed by atoms with Crippen molar-refractivity contribution in [3.63, 3.8) is 0 Å². The Bertz CT molecular complexity index is 667. The van der Waals surface area contributed by atoms with E-state index in [2.05, 4.69) is 16.0 Å². The number of rotatable bonds is 11. The Morgan fingerprint density at radius 1 is 0.909 bits per heavy atom. The Morgan fingerprint density at radius 3 is 1.97 bits per heavy atom. The van der Waals surface area contributed by atoms with Crippen molar-refractivity contribution in [2.45, 2.75) is 111 Å². The molecule has 0 bridgehead atoms. The summed E-state index contributed by atoms with van der Waals surface area (Å²) in [6, 6.07) is -2.49. The molecule has 0 saturated heterocycles. The number of nitrogens with two attached hydrogens (primary N) is 1. The zero-order valence-electron chi connectivity index (χ0n) is 21.7. The number of carbonyl (C=O) groups is 4. The highest BCUT2D eigenvalue weighted by atomic mass is 16.6. The van der Waals surface area contributed by atoms with Gasteiger partial charge in [-0.15, -0.1) is 0 Å². The number of amides is 2. The van der Waals surface area contributed by atoms with Gasteiger partial charge in [0.1, 0.15) is 17.7 Å². The third-order valence-electron chi connectivity index (χ3n) is 4.36. The Hall–Kier alpha value is -2.20. The summed E-state index contributed by atoms with van der Waals surface area (Å²) in [5, 5.41) is 8.44. The van der Waals surface area contributed by atoms with Crippen molar-refractivity contribution < 1.29 is 28.7 Å². The molecule has 0 fully saturated rings. The summed E-state index contributed by atoms with van der Waals surface area (Å²) in [7, 11) is 0. The fourth-order valence-electron chi connectivity index (χ4n) is 2.74. The highest BCUT2D eigenvalue weighted by molar-refractivity contribution is 5.93. The summed E-state index contributed by atoms with van der Waals surface area (Å²) in [5.41, 5.74) is 4.95. The molecule has 0 unspecified atom stereocenters. The molecule has 192 valence electrons. The van der Waals surface area contributed by atoms with Crippen LogP contribution in [0.4, 0.5) is 4.79 Å². The molecule has 2 amide bonds. The smallest absolute Gasteiger partial charge is 0.407 e. The molecule has 33 heavy (non-hydrogen) atoms. The fourth-order valence-corrected chi connectivity index (χ4v) is 2.74. The van der Waals surface area contributed by atoms with E-state index in [0.717, 1.165) is 0 Å². The minimum absolute atomic E-state index is 0.00712. The summed E-state index contributed by atoms with van der Waals surface area (Å²) in [6.07, 6.45) is 0.901. The monoisotopic (exact) mass is 472 g/mol. The van der Waals surface area contributed by atoms with Crippen molar-refractivity contribution in [2.24, 2.45) is 11.7 Å². The SMILES string of the molecule is CC(C)[C@H](NC(C)(C)C)C(=O)N[C@@H](C)C(=O)OC(=O)[C@@H](N)CCCCNC(=O)OC(C)(C)C. The van der Waals surface area contributed by atoms with Gasteiger partial charge in [0.25, 0.3) is 0 Å². The summed E-state index contributed by atoms with van der Waals surface area (Å²) in [5.74, 6) is -2.07. The first kappa shape index (κ1) is 30.8. The van der Waals surface area contributed by atoms with Crippen molar-refractivity contribution in [1.29, 1.82) is 0 Å². The van der Waals surface area contributed by atoms with E-state index in [1.807, 2.05) is 34.6 Å². The van der Waals surface area contributed by atoms with Crippen molar-refractivity contribution in [3.05, 3.63) is 0 Å². The molecule has 10 nitrogen and oxygen atoms in total. The van der Waals surface area contributed by atoms with Gasteiger partial charge < -0.3 is 31.2 Å². The number of alkyl carbamates (subject to hydrolysis) is 1. The van der Waals surface area contributed by atoms with Crippen LogP contribution >= 0.6 is 0 Å². The van der Waals surface area contributed by atoms with Crippen LogP contribution in [-0.4, -0.2) is 59.7 Å². The van der Waals surface area contributed by atoms with Gasteiger partial charge in [-0.2, -0.15) is 0 Å². The van der Waals surface area contributed by atoms with Gasteiger partial charge in [-0.25, -0.2) is 14.4 Å². The first-order valence-electron chi connectivity index (χ1n) is 11.5. The van der Waals surface area contributed by atoms with Gasteiger partial charge in [0.05, 0.1) is 6.04 Å². The number of hydrogen-bond acceptors (Lipinski definition) is 8. The summed E-state index contributed by atoms with van der Waals surface area (Å²) in [6.45, 7) is 16.8. The Kier molecular flexibility index (Phi) is 12.6. The van der Waals surface area contributed by atoms with Crippen molar-refractivity contribution in [2.75, 3.05) is 6.54 Å². The lowest BCUT2D eigenvalue weighted by molar-refractivity contribution is -0.162. The number of ether oxygens (including phenoxy) is 2. The van der Waals surface area contributed by atoms with Crippen LogP contribution in [0.3, 0.4) is 0 Å². The molecule has 0 aliphatic carbocycles. The molecule has 0 rings (SSSR count). The predicted molar refractivity (Wildman–Crippen MR) is 126 cm³/mol.